The van der Waals surface area contributed by atoms with Crippen LogP contribution in [0.5, 0.6) is 5.75 Å². The van der Waals surface area contributed by atoms with Crippen LogP contribution in [-0.2, 0) is 15.0 Å². The number of rotatable bonds is 5. The monoisotopic (exact) mass is 361 g/mol. The second-order valence-corrected chi connectivity index (χ2v) is 5.82. The summed E-state index contributed by atoms with van der Waals surface area (Å²) in [6.45, 7) is 1.37. The highest BCUT2D eigenvalue weighted by atomic mass is 79.9. The summed E-state index contributed by atoms with van der Waals surface area (Å²) in [5, 5.41) is 0. The molecule has 2 rings (SSSR count). The number of carbonyl (C=O) groups excluding carboxylic acids is 2. The summed E-state index contributed by atoms with van der Waals surface area (Å²) in [6, 6.07) is 13.8. The van der Waals surface area contributed by atoms with Gasteiger partial charge in [-0.3, -0.25) is 9.59 Å². The van der Waals surface area contributed by atoms with Crippen molar-refractivity contribution in [2.24, 2.45) is 5.73 Å². The average Bonchev–Trinajstić information content (AvgIpc) is 2.50. The van der Waals surface area contributed by atoms with Gasteiger partial charge in [-0.15, -0.1) is 0 Å². The van der Waals surface area contributed by atoms with Gasteiger partial charge in [0.1, 0.15) is 5.75 Å². The molecule has 114 valence electrons. The van der Waals surface area contributed by atoms with E-state index in [0.717, 1.165) is 4.47 Å². The Kier molecular flexibility index (Phi) is 4.66. The number of ketones is 1. The first-order valence-corrected chi connectivity index (χ1v) is 7.43. The number of amides is 1. The van der Waals surface area contributed by atoms with E-state index in [2.05, 4.69) is 15.9 Å². The zero-order valence-electron chi connectivity index (χ0n) is 12.3. The minimum absolute atomic E-state index is 0.326. The van der Waals surface area contributed by atoms with Gasteiger partial charge in [-0.1, -0.05) is 40.2 Å². The molecule has 0 aliphatic rings. The van der Waals surface area contributed by atoms with Gasteiger partial charge in [-0.2, -0.15) is 0 Å². The van der Waals surface area contributed by atoms with Crippen molar-refractivity contribution in [1.82, 2.24) is 0 Å². The lowest BCUT2D eigenvalue weighted by Crippen LogP contribution is -2.47. The summed E-state index contributed by atoms with van der Waals surface area (Å²) in [6.07, 6.45) is 0. The molecule has 4 nitrogen and oxygen atoms in total. The summed E-state index contributed by atoms with van der Waals surface area (Å²) in [5.41, 5.74) is 5.20. The predicted octanol–water partition coefficient (Wildman–Crippen LogP) is 2.82. The van der Waals surface area contributed by atoms with E-state index < -0.39 is 11.3 Å². The van der Waals surface area contributed by atoms with Crippen LogP contribution in [0.15, 0.2) is 53.0 Å². The van der Waals surface area contributed by atoms with Gasteiger partial charge in [0.25, 0.3) is 0 Å². The molecule has 0 fully saturated rings. The highest BCUT2D eigenvalue weighted by Gasteiger charge is 2.45. The molecule has 0 spiro atoms. The Balaban J connectivity index is 2.71. The fraction of sp³-hybridized carbons (Fsp3) is 0.176. The number of carbonyl (C=O) groups is 2. The summed E-state index contributed by atoms with van der Waals surface area (Å²) >= 11 is 3.34. The molecule has 1 amide bonds. The SMILES string of the molecule is COc1ccc(C(C(C)=O)(C(N)=O)c2ccc(Br)cc2)cc1. The topological polar surface area (TPSA) is 69.4 Å². The number of ether oxygens (including phenoxy) is 1. The third-order valence-electron chi connectivity index (χ3n) is 3.70. The smallest absolute Gasteiger partial charge is 0.240 e. The number of hydrogen-bond acceptors (Lipinski definition) is 3. The maximum absolute atomic E-state index is 12.4. The zero-order chi connectivity index (χ0) is 16.3. The number of halogens is 1. The van der Waals surface area contributed by atoms with E-state index in [1.165, 1.54) is 6.92 Å². The Hall–Kier alpha value is -2.14. The second kappa shape index (κ2) is 6.32. The summed E-state index contributed by atoms with van der Waals surface area (Å²) in [5.74, 6) is -0.388. The molecule has 2 aromatic rings. The Morgan fingerprint density at radius 1 is 1.00 bits per heavy atom. The third-order valence-corrected chi connectivity index (χ3v) is 4.23. The molecule has 2 aromatic carbocycles. The van der Waals surface area contributed by atoms with E-state index >= 15 is 0 Å². The van der Waals surface area contributed by atoms with Gasteiger partial charge in [0.05, 0.1) is 7.11 Å². The van der Waals surface area contributed by atoms with Crippen molar-refractivity contribution < 1.29 is 14.3 Å². The quantitative estimate of drug-likeness (QED) is 0.832. The predicted molar refractivity (Wildman–Crippen MR) is 87.8 cm³/mol. The van der Waals surface area contributed by atoms with Gasteiger partial charge >= 0.3 is 0 Å². The van der Waals surface area contributed by atoms with Gasteiger partial charge in [-0.25, -0.2) is 0 Å². The fourth-order valence-electron chi connectivity index (χ4n) is 2.57. The molecule has 0 radical (unpaired) electrons. The van der Waals surface area contributed by atoms with Crippen molar-refractivity contribution >= 4 is 27.6 Å². The van der Waals surface area contributed by atoms with Crippen LogP contribution in [0.25, 0.3) is 0 Å². The number of primary amides is 1. The van der Waals surface area contributed by atoms with Gasteiger partial charge in [-0.05, 0) is 42.3 Å². The van der Waals surface area contributed by atoms with E-state index in [4.69, 9.17) is 10.5 Å². The van der Waals surface area contributed by atoms with Crippen LogP contribution >= 0.6 is 15.9 Å². The van der Waals surface area contributed by atoms with Crippen LogP contribution in [0, 0.1) is 0 Å². The first-order chi connectivity index (χ1) is 10.4. The summed E-state index contributed by atoms with van der Waals surface area (Å²) in [4.78, 5) is 24.7. The number of methoxy groups -OCH3 is 1. The molecule has 0 bridgehead atoms. The van der Waals surface area contributed by atoms with Crippen LogP contribution in [0.1, 0.15) is 18.1 Å². The Labute approximate surface area is 137 Å². The Morgan fingerprint density at radius 2 is 1.45 bits per heavy atom. The average molecular weight is 362 g/mol. The maximum atomic E-state index is 12.4. The van der Waals surface area contributed by atoms with Crippen molar-refractivity contribution in [3.8, 4) is 5.75 Å². The van der Waals surface area contributed by atoms with E-state index in [0.29, 0.717) is 16.9 Å². The van der Waals surface area contributed by atoms with Crippen molar-refractivity contribution in [3.05, 3.63) is 64.1 Å². The lowest BCUT2D eigenvalue weighted by atomic mass is 9.71. The molecule has 0 saturated heterocycles. The number of Topliss-reactive ketones (excluding diaryl/α,β-unsaturated/α-hetero) is 1. The van der Waals surface area contributed by atoms with Gasteiger partial charge in [0, 0.05) is 4.47 Å². The van der Waals surface area contributed by atoms with Crippen LogP contribution in [0.2, 0.25) is 0 Å². The molecule has 5 heteroatoms. The molecule has 0 heterocycles. The molecule has 2 N–H and O–H groups in total. The van der Waals surface area contributed by atoms with Gasteiger partial charge in [0.15, 0.2) is 11.2 Å². The lowest BCUT2D eigenvalue weighted by molar-refractivity contribution is -0.131. The minimum atomic E-state index is -1.51. The zero-order valence-corrected chi connectivity index (χ0v) is 13.9. The Bertz CT molecular complexity index is 679. The molecule has 0 aliphatic heterocycles. The standard InChI is InChI=1S/C17H16BrNO3/c1-11(20)17(16(19)21,12-3-7-14(18)8-4-12)13-5-9-15(22-2)10-6-13/h3-10H,1-2H3,(H2,19,21). The third kappa shape index (κ3) is 2.64. The number of nitrogens with two attached hydrogens (primary N) is 1. The van der Waals surface area contributed by atoms with Crippen molar-refractivity contribution in [2.45, 2.75) is 12.3 Å². The molecule has 1 atom stereocenters. The maximum Gasteiger partial charge on any atom is 0.240 e. The van der Waals surface area contributed by atoms with Crippen molar-refractivity contribution in [3.63, 3.8) is 0 Å². The molecule has 0 aromatic heterocycles. The van der Waals surface area contributed by atoms with Gasteiger partial charge in [0.2, 0.25) is 5.91 Å². The highest BCUT2D eigenvalue weighted by Crippen LogP contribution is 2.35. The van der Waals surface area contributed by atoms with E-state index in [-0.39, 0.29) is 5.78 Å². The van der Waals surface area contributed by atoms with E-state index in [1.54, 1.807) is 55.6 Å². The molecular formula is C17H16BrNO3. The number of benzene rings is 2. The molecule has 1 unspecified atom stereocenters. The second-order valence-electron chi connectivity index (χ2n) is 4.91. The highest BCUT2D eigenvalue weighted by molar-refractivity contribution is 9.10. The molecular weight excluding hydrogens is 346 g/mol. The van der Waals surface area contributed by atoms with E-state index in [9.17, 15) is 9.59 Å². The lowest BCUT2D eigenvalue weighted by Gasteiger charge is -2.29. The van der Waals surface area contributed by atoms with Crippen molar-refractivity contribution in [2.75, 3.05) is 7.11 Å². The number of hydrogen-bond donors (Lipinski definition) is 1. The van der Waals surface area contributed by atoms with Crippen LogP contribution < -0.4 is 10.5 Å². The fourth-order valence-corrected chi connectivity index (χ4v) is 2.84. The molecule has 0 aliphatic carbocycles. The van der Waals surface area contributed by atoms with Gasteiger partial charge < -0.3 is 10.5 Å². The molecule has 22 heavy (non-hydrogen) atoms. The largest absolute Gasteiger partial charge is 0.497 e. The van der Waals surface area contributed by atoms with Crippen LogP contribution in [-0.4, -0.2) is 18.8 Å². The Morgan fingerprint density at radius 3 is 1.82 bits per heavy atom. The summed E-state index contributed by atoms with van der Waals surface area (Å²) < 4.78 is 5.97. The van der Waals surface area contributed by atoms with Crippen molar-refractivity contribution in [1.29, 1.82) is 0 Å². The van der Waals surface area contributed by atoms with E-state index in [1.807, 2.05) is 0 Å². The minimum Gasteiger partial charge on any atom is -0.497 e. The molecule has 0 saturated carbocycles. The first-order valence-electron chi connectivity index (χ1n) is 6.64. The van der Waals surface area contributed by atoms with Crippen LogP contribution in [0.4, 0.5) is 0 Å². The van der Waals surface area contributed by atoms with Crippen LogP contribution in [0.3, 0.4) is 0 Å². The normalized spacial score (nSPS) is 13.2. The first kappa shape index (κ1) is 16.2. The summed E-state index contributed by atoms with van der Waals surface area (Å²) in [7, 11) is 1.55.